The maximum absolute atomic E-state index is 5.87. The molecule has 1 aromatic carbocycles. The zero-order valence-electron chi connectivity index (χ0n) is 14.3. The standard InChI is InChI=1S/C18H29N3.3ClH/c19-13-17-7-4-10-21(15-17)18-8-11-20(12-9-18)14-16-5-2-1-3-6-16;;;/h1-3,5-6,17-18H,4,7-15,19H2;3*1H. The first-order valence-corrected chi connectivity index (χ1v) is 8.55. The highest BCUT2D eigenvalue weighted by atomic mass is 35.5. The summed E-state index contributed by atoms with van der Waals surface area (Å²) < 4.78 is 0. The summed E-state index contributed by atoms with van der Waals surface area (Å²) >= 11 is 0. The molecule has 1 aromatic rings. The Hall–Kier alpha value is -0.0300. The van der Waals surface area contributed by atoms with Crippen molar-refractivity contribution in [3.05, 3.63) is 35.9 Å². The van der Waals surface area contributed by atoms with E-state index in [9.17, 15) is 0 Å². The number of benzene rings is 1. The van der Waals surface area contributed by atoms with Gasteiger partial charge in [0.2, 0.25) is 0 Å². The van der Waals surface area contributed by atoms with Crippen molar-refractivity contribution in [1.82, 2.24) is 9.80 Å². The average Bonchev–Trinajstić information content (AvgIpc) is 2.56. The van der Waals surface area contributed by atoms with Crippen molar-refractivity contribution in [2.75, 3.05) is 32.7 Å². The van der Waals surface area contributed by atoms with Crippen molar-refractivity contribution in [3.63, 3.8) is 0 Å². The van der Waals surface area contributed by atoms with Crippen LogP contribution in [-0.4, -0.2) is 48.6 Å². The summed E-state index contributed by atoms with van der Waals surface area (Å²) in [5.41, 5.74) is 7.31. The molecule has 0 saturated carbocycles. The molecule has 0 radical (unpaired) electrons. The quantitative estimate of drug-likeness (QED) is 0.844. The first kappa shape index (κ1) is 24.0. The number of piperidine rings is 2. The minimum atomic E-state index is 0. The average molecular weight is 397 g/mol. The van der Waals surface area contributed by atoms with Crippen LogP contribution >= 0.6 is 37.2 Å². The molecule has 0 aromatic heterocycles. The molecule has 24 heavy (non-hydrogen) atoms. The van der Waals surface area contributed by atoms with Gasteiger partial charge in [-0.1, -0.05) is 30.3 Å². The number of hydrogen-bond donors (Lipinski definition) is 1. The molecule has 1 unspecified atom stereocenters. The summed E-state index contributed by atoms with van der Waals surface area (Å²) in [5.74, 6) is 0.737. The number of hydrogen-bond acceptors (Lipinski definition) is 3. The Bertz CT molecular complexity index is 425. The Morgan fingerprint density at radius 2 is 1.58 bits per heavy atom. The molecule has 2 aliphatic rings. The summed E-state index contributed by atoms with van der Waals surface area (Å²) in [6, 6.07) is 11.7. The Balaban J connectivity index is 0.00000176. The zero-order chi connectivity index (χ0) is 14.5. The van der Waals surface area contributed by atoms with Crippen LogP contribution in [-0.2, 0) is 6.54 Å². The number of nitrogens with zero attached hydrogens (tertiary/aromatic N) is 2. The van der Waals surface area contributed by atoms with Crippen LogP contribution in [0.3, 0.4) is 0 Å². The van der Waals surface area contributed by atoms with Crippen molar-refractivity contribution in [2.24, 2.45) is 11.7 Å². The molecule has 6 heteroatoms. The summed E-state index contributed by atoms with van der Waals surface area (Å²) in [5, 5.41) is 0. The zero-order valence-corrected chi connectivity index (χ0v) is 16.8. The van der Waals surface area contributed by atoms with Crippen molar-refractivity contribution in [1.29, 1.82) is 0 Å². The van der Waals surface area contributed by atoms with Gasteiger partial charge in [0, 0.05) is 19.1 Å². The highest BCUT2D eigenvalue weighted by Crippen LogP contribution is 2.24. The molecule has 2 aliphatic heterocycles. The third-order valence-corrected chi connectivity index (χ3v) is 5.21. The molecule has 2 N–H and O–H groups in total. The van der Waals surface area contributed by atoms with E-state index >= 15 is 0 Å². The molecule has 0 spiro atoms. The van der Waals surface area contributed by atoms with Gasteiger partial charge in [-0.3, -0.25) is 9.80 Å². The SMILES string of the molecule is Cl.Cl.Cl.NCC1CCCN(C2CCN(Cc3ccccc3)CC2)C1. The van der Waals surface area contributed by atoms with E-state index in [4.69, 9.17) is 5.73 Å². The lowest BCUT2D eigenvalue weighted by Crippen LogP contribution is -2.49. The Labute approximate surface area is 165 Å². The van der Waals surface area contributed by atoms with Gasteiger partial charge < -0.3 is 5.73 Å². The van der Waals surface area contributed by atoms with Gasteiger partial charge in [0.15, 0.2) is 0 Å². The topological polar surface area (TPSA) is 32.5 Å². The predicted octanol–water partition coefficient (Wildman–Crippen LogP) is 3.59. The molecule has 0 bridgehead atoms. The molecule has 3 rings (SSSR count). The lowest BCUT2D eigenvalue weighted by Gasteiger charge is -2.42. The highest BCUT2D eigenvalue weighted by molar-refractivity contribution is 5.86. The fraction of sp³-hybridized carbons (Fsp3) is 0.667. The molecular weight excluding hydrogens is 365 g/mol. The van der Waals surface area contributed by atoms with E-state index in [-0.39, 0.29) is 37.2 Å². The second-order valence-corrected chi connectivity index (χ2v) is 6.73. The van der Waals surface area contributed by atoms with E-state index in [0.29, 0.717) is 0 Å². The Kier molecular flexibility index (Phi) is 12.3. The van der Waals surface area contributed by atoms with Crippen LogP contribution in [0.5, 0.6) is 0 Å². The van der Waals surface area contributed by atoms with Gasteiger partial charge in [0.25, 0.3) is 0 Å². The minimum absolute atomic E-state index is 0. The molecule has 2 saturated heterocycles. The number of nitrogens with two attached hydrogens (primary N) is 1. The number of likely N-dealkylation sites (tertiary alicyclic amines) is 2. The van der Waals surface area contributed by atoms with Crippen molar-refractivity contribution < 1.29 is 0 Å². The van der Waals surface area contributed by atoms with Crippen LogP contribution in [0.1, 0.15) is 31.2 Å². The first-order valence-electron chi connectivity index (χ1n) is 8.55. The van der Waals surface area contributed by atoms with Gasteiger partial charge in [-0.15, -0.1) is 37.2 Å². The monoisotopic (exact) mass is 395 g/mol. The lowest BCUT2D eigenvalue weighted by molar-refractivity contribution is 0.0709. The summed E-state index contributed by atoms with van der Waals surface area (Å²) in [6.07, 6.45) is 5.32. The van der Waals surface area contributed by atoms with Crippen LogP contribution in [0.15, 0.2) is 30.3 Å². The van der Waals surface area contributed by atoms with Gasteiger partial charge in [-0.05, 0) is 63.3 Å². The van der Waals surface area contributed by atoms with E-state index in [0.717, 1.165) is 25.0 Å². The Morgan fingerprint density at radius 1 is 0.917 bits per heavy atom. The first-order chi connectivity index (χ1) is 10.3. The van der Waals surface area contributed by atoms with Gasteiger partial charge in [0.05, 0.1) is 0 Å². The maximum Gasteiger partial charge on any atom is 0.0233 e. The molecule has 2 heterocycles. The fourth-order valence-corrected chi connectivity index (χ4v) is 3.91. The second kappa shape index (κ2) is 12.3. The van der Waals surface area contributed by atoms with E-state index in [1.807, 2.05) is 0 Å². The van der Waals surface area contributed by atoms with Crippen LogP contribution in [0.4, 0.5) is 0 Å². The number of rotatable bonds is 4. The van der Waals surface area contributed by atoms with Crippen LogP contribution in [0.2, 0.25) is 0 Å². The molecule has 0 amide bonds. The van der Waals surface area contributed by atoms with E-state index < -0.39 is 0 Å². The number of halogens is 3. The van der Waals surface area contributed by atoms with Crippen molar-refractivity contribution in [3.8, 4) is 0 Å². The van der Waals surface area contributed by atoms with E-state index in [2.05, 4.69) is 40.1 Å². The van der Waals surface area contributed by atoms with E-state index in [1.165, 1.54) is 57.4 Å². The summed E-state index contributed by atoms with van der Waals surface area (Å²) in [6.45, 7) is 6.98. The van der Waals surface area contributed by atoms with Gasteiger partial charge in [0.1, 0.15) is 0 Å². The van der Waals surface area contributed by atoms with Crippen molar-refractivity contribution >= 4 is 37.2 Å². The molecule has 2 fully saturated rings. The van der Waals surface area contributed by atoms with Gasteiger partial charge in [-0.2, -0.15) is 0 Å². The van der Waals surface area contributed by atoms with Crippen LogP contribution in [0, 0.1) is 5.92 Å². The molecule has 140 valence electrons. The summed E-state index contributed by atoms with van der Waals surface area (Å²) in [4.78, 5) is 5.33. The normalized spacial score (nSPS) is 22.8. The van der Waals surface area contributed by atoms with Gasteiger partial charge in [-0.25, -0.2) is 0 Å². The third kappa shape index (κ3) is 6.70. The van der Waals surface area contributed by atoms with Gasteiger partial charge >= 0.3 is 0 Å². The lowest BCUT2D eigenvalue weighted by atomic mass is 9.94. The van der Waals surface area contributed by atoms with Crippen molar-refractivity contribution in [2.45, 2.75) is 38.3 Å². The molecule has 0 aliphatic carbocycles. The maximum atomic E-state index is 5.87. The second-order valence-electron chi connectivity index (χ2n) is 6.73. The summed E-state index contributed by atoms with van der Waals surface area (Å²) in [7, 11) is 0. The van der Waals surface area contributed by atoms with E-state index in [1.54, 1.807) is 0 Å². The van der Waals surface area contributed by atoms with Crippen LogP contribution in [0.25, 0.3) is 0 Å². The fourth-order valence-electron chi connectivity index (χ4n) is 3.91. The third-order valence-electron chi connectivity index (χ3n) is 5.21. The Morgan fingerprint density at radius 3 is 2.21 bits per heavy atom. The molecular formula is C18H32Cl3N3. The smallest absolute Gasteiger partial charge is 0.0233 e. The predicted molar refractivity (Wildman–Crippen MR) is 110 cm³/mol. The van der Waals surface area contributed by atoms with Crippen LogP contribution < -0.4 is 5.73 Å². The highest BCUT2D eigenvalue weighted by Gasteiger charge is 2.28. The molecule has 3 nitrogen and oxygen atoms in total. The molecule has 1 atom stereocenters. The minimum Gasteiger partial charge on any atom is -0.330 e. The largest absolute Gasteiger partial charge is 0.330 e.